The monoisotopic (exact) mass is 256 g/mol. The molecule has 1 aromatic carbocycles. The van der Waals surface area contributed by atoms with E-state index in [2.05, 4.69) is 4.99 Å². The van der Waals surface area contributed by atoms with Gasteiger partial charge in [0.15, 0.2) is 0 Å². The van der Waals surface area contributed by atoms with Gasteiger partial charge >= 0.3 is 11.9 Å². The Morgan fingerprint density at radius 3 is 2.00 bits per heavy atom. The molecule has 0 heterocycles. The molecule has 0 bridgehead atoms. The van der Waals surface area contributed by atoms with E-state index in [-0.39, 0.29) is 28.5 Å². The van der Waals surface area contributed by atoms with Crippen LogP contribution in [0.25, 0.3) is 0 Å². The Balaban J connectivity index is 3.31. The number of carbonyl (C=O) groups is 2. The van der Waals surface area contributed by atoms with Crippen molar-refractivity contribution in [2.75, 3.05) is 5.88 Å². The van der Waals surface area contributed by atoms with Crippen LogP contribution in [0, 0.1) is 0 Å². The molecule has 1 aromatic rings. The Labute approximate surface area is 101 Å². The topological polar surface area (TPSA) is 113 Å². The van der Waals surface area contributed by atoms with Crippen LogP contribution in [0.2, 0.25) is 0 Å². The third kappa shape index (κ3) is 3.46. The van der Waals surface area contributed by atoms with Gasteiger partial charge in [-0.15, -0.1) is 11.6 Å². The molecule has 0 aliphatic heterocycles. The minimum absolute atomic E-state index is 0.0281. The zero-order valence-electron chi connectivity index (χ0n) is 8.55. The van der Waals surface area contributed by atoms with Crippen LogP contribution in [-0.4, -0.2) is 33.9 Å². The van der Waals surface area contributed by atoms with Gasteiger partial charge in [-0.05, 0) is 18.2 Å². The first kappa shape index (κ1) is 13.0. The van der Waals surface area contributed by atoms with Crippen LogP contribution in [-0.2, 0) is 0 Å². The second kappa shape index (κ2) is 5.31. The summed E-state index contributed by atoms with van der Waals surface area (Å²) in [6.45, 7) is 0. The fourth-order valence-electron chi connectivity index (χ4n) is 1.12. The van der Waals surface area contributed by atoms with Gasteiger partial charge in [-0.25, -0.2) is 14.6 Å². The number of alkyl halides is 1. The van der Waals surface area contributed by atoms with Crippen molar-refractivity contribution in [1.82, 2.24) is 0 Å². The van der Waals surface area contributed by atoms with E-state index in [1.165, 1.54) is 12.1 Å². The maximum absolute atomic E-state index is 10.8. The minimum atomic E-state index is -1.24. The normalized spacial score (nSPS) is 11.2. The molecule has 0 aromatic heterocycles. The lowest BCUT2D eigenvalue weighted by atomic mass is 10.1. The number of nitrogens with zero attached hydrogens (tertiary/aromatic N) is 1. The lowest BCUT2D eigenvalue weighted by molar-refractivity contribution is 0.0696. The Hall–Kier alpha value is -2.08. The third-order valence-corrected chi connectivity index (χ3v) is 2.10. The van der Waals surface area contributed by atoms with Crippen LogP contribution in [0.1, 0.15) is 20.7 Å². The molecule has 0 fully saturated rings. The molecule has 1 rings (SSSR count). The van der Waals surface area contributed by atoms with E-state index in [0.29, 0.717) is 0 Å². The van der Waals surface area contributed by atoms with Crippen LogP contribution >= 0.6 is 11.6 Å². The van der Waals surface area contributed by atoms with Gasteiger partial charge in [0.05, 0.1) is 22.7 Å². The third-order valence-electron chi connectivity index (χ3n) is 1.82. The Morgan fingerprint density at radius 2 is 1.65 bits per heavy atom. The molecule has 0 unspecified atom stereocenters. The summed E-state index contributed by atoms with van der Waals surface area (Å²) in [5.74, 6) is -2.44. The summed E-state index contributed by atoms with van der Waals surface area (Å²) in [5.41, 5.74) is 5.17. The van der Waals surface area contributed by atoms with Crippen molar-refractivity contribution >= 4 is 35.1 Å². The van der Waals surface area contributed by atoms with Crippen molar-refractivity contribution in [3.63, 3.8) is 0 Å². The van der Waals surface area contributed by atoms with E-state index < -0.39 is 11.9 Å². The molecule has 0 amide bonds. The standard InChI is InChI=1S/C10H9ClN2O4/c11-4-8(12)13-7-2-5(9(14)15)1-6(3-7)10(16)17/h1-3H,4H2,(H2,12,13)(H,14,15)(H,16,17). The van der Waals surface area contributed by atoms with E-state index >= 15 is 0 Å². The van der Waals surface area contributed by atoms with Crippen LogP contribution in [0.15, 0.2) is 23.2 Å². The molecule has 0 spiro atoms. The van der Waals surface area contributed by atoms with Crippen molar-refractivity contribution in [2.24, 2.45) is 10.7 Å². The first-order valence-corrected chi connectivity index (χ1v) is 4.98. The van der Waals surface area contributed by atoms with Crippen molar-refractivity contribution in [3.05, 3.63) is 29.3 Å². The summed E-state index contributed by atoms with van der Waals surface area (Å²) in [5, 5.41) is 17.6. The zero-order chi connectivity index (χ0) is 13.0. The smallest absolute Gasteiger partial charge is 0.335 e. The maximum atomic E-state index is 10.8. The SMILES string of the molecule is NC(CCl)=Nc1cc(C(=O)O)cc(C(=O)O)c1. The summed E-state index contributed by atoms with van der Waals surface area (Å²) in [7, 11) is 0. The van der Waals surface area contributed by atoms with Gasteiger partial charge < -0.3 is 15.9 Å². The van der Waals surface area contributed by atoms with Crippen molar-refractivity contribution < 1.29 is 19.8 Å². The minimum Gasteiger partial charge on any atom is -0.478 e. The second-order valence-electron chi connectivity index (χ2n) is 3.12. The van der Waals surface area contributed by atoms with Gasteiger partial charge in [0.25, 0.3) is 0 Å². The zero-order valence-corrected chi connectivity index (χ0v) is 9.31. The number of hydrogen-bond donors (Lipinski definition) is 3. The molecule has 0 aliphatic rings. The summed E-state index contributed by atoms with van der Waals surface area (Å²) in [4.78, 5) is 25.4. The first-order valence-electron chi connectivity index (χ1n) is 4.44. The highest BCUT2D eigenvalue weighted by molar-refractivity contribution is 6.28. The molecule has 0 aliphatic carbocycles. The lowest BCUT2D eigenvalue weighted by Crippen LogP contribution is -2.12. The quantitative estimate of drug-likeness (QED) is 0.427. The molecule has 6 nitrogen and oxygen atoms in total. The maximum Gasteiger partial charge on any atom is 0.335 e. The lowest BCUT2D eigenvalue weighted by Gasteiger charge is -2.02. The van der Waals surface area contributed by atoms with Gasteiger partial charge in [-0.2, -0.15) is 0 Å². The van der Waals surface area contributed by atoms with Crippen LogP contribution in [0.3, 0.4) is 0 Å². The van der Waals surface area contributed by atoms with Gasteiger partial charge in [0.2, 0.25) is 0 Å². The first-order chi connectivity index (χ1) is 7.93. The van der Waals surface area contributed by atoms with Gasteiger partial charge in [-0.1, -0.05) is 0 Å². The number of halogens is 1. The molecule has 17 heavy (non-hydrogen) atoms. The van der Waals surface area contributed by atoms with E-state index in [1.807, 2.05) is 0 Å². The highest BCUT2D eigenvalue weighted by Crippen LogP contribution is 2.18. The highest BCUT2D eigenvalue weighted by atomic mass is 35.5. The predicted molar refractivity (Wildman–Crippen MR) is 62.4 cm³/mol. The molecular formula is C10H9ClN2O4. The summed E-state index contributed by atoms with van der Waals surface area (Å²) in [6.07, 6.45) is 0. The number of benzene rings is 1. The fraction of sp³-hybridized carbons (Fsp3) is 0.100. The molecule has 0 atom stereocenters. The Morgan fingerprint density at radius 1 is 1.18 bits per heavy atom. The van der Waals surface area contributed by atoms with E-state index in [4.69, 9.17) is 27.5 Å². The van der Waals surface area contributed by atoms with E-state index in [9.17, 15) is 9.59 Å². The molecule has 0 radical (unpaired) electrons. The van der Waals surface area contributed by atoms with Crippen molar-refractivity contribution in [3.8, 4) is 0 Å². The average molecular weight is 257 g/mol. The van der Waals surface area contributed by atoms with Crippen LogP contribution < -0.4 is 5.73 Å². The van der Waals surface area contributed by atoms with Gasteiger partial charge in [-0.3, -0.25) is 0 Å². The highest BCUT2D eigenvalue weighted by Gasteiger charge is 2.11. The number of hydrogen-bond acceptors (Lipinski definition) is 3. The molecule has 4 N–H and O–H groups in total. The number of rotatable bonds is 4. The van der Waals surface area contributed by atoms with Crippen molar-refractivity contribution in [1.29, 1.82) is 0 Å². The molecular weight excluding hydrogens is 248 g/mol. The number of carboxylic acid groups (broad SMARTS) is 2. The molecule has 0 saturated heterocycles. The number of amidine groups is 1. The number of nitrogens with two attached hydrogens (primary N) is 1. The second-order valence-corrected chi connectivity index (χ2v) is 3.38. The molecule has 0 saturated carbocycles. The van der Waals surface area contributed by atoms with Gasteiger partial charge in [0.1, 0.15) is 5.84 Å². The van der Waals surface area contributed by atoms with Gasteiger partial charge in [0, 0.05) is 0 Å². The Kier molecular flexibility index (Phi) is 4.06. The molecule has 7 heteroatoms. The van der Waals surface area contributed by atoms with E-state index in [1.54, 1.807) is 0 Å². The number of aromatic carboxylic acids is 2. The average Bonchev–Trinajstić information content (AvgIpc) is 2.28. The molecule has 90 valence electrons. The fourth-order valence-corrected chi connectivity index (χ4v) is 1.18. The Bertz CT molecular complexity index is 467. The largest absolute Gasteiger partial charge is 0.478 e. The van der Waals surface area contributed by atoms with Crippen LogP contribution in [0.4, 0.5) is 5.69 Å². The van der Waals surface area contributed by atoms with Crippen LogP contribution in [0.5, 0.6) is 0 Å². The predicted octanol–water partition coefficient (Wildman–Crippen LogP) is 1.31. The van der Waals surface area contributed by atoms with Crippen molar-refractivity contribution in [2.45, 2.75) is 0 Å². The number of aliphatic imine (C=N–C) groups is 1. The summed E-state index contributed by atoms with van der Waals surface area (Å²) < 4.78 is 0. The van der Waals surface area contributed by atoms with E-state index in [0.717, 1.165) is 6.07 Å². The summed E-state index contributed by atoms with van der Waals surface area (Å²) in [6, 6.07) is 3.48. The number of carboxylic acids is 2. The summed E-state index contributed by atoms with van der Waals surface area (Å²) >= 11 is 5.42.